The molecule has 0 bridgehead atoms. The van der Waals surface area contributed by atoms with Gasteiger partial charge in [-0.3, -0.25) is 14.0 Å². The van der Waals surface area contributed by atoms with Crippen LogP contribution in [0.5, 0.6) is 0 Å². The van der Waals surface area contributed by atoms with E-state index in [-0.39, 0.29) is 48.5 Å². The molecule has 1 saturated heterocycles. The Hall–Kier alpha value is -2.72. The Labute approximate surface area is 164 Å². The number of carbonyl (C=O) groups excluding carboxylic acids is 2. The number of β-lactam (4-membered cyclic amide) rings is 1. The van der Waals surface area contributed by atoms with E-state index in [9.17, 15) is 24.6 Å². The average molecular weight is 404 g/mol. The molecular formula is C18H20N4O5S. The molecule has 1 fully saturated rings. The molecule has 9 nitrogen and oxygen atoms in total. The molecule has 148 valence electrons. The van der Waals surface area contributed by atoms with Gasteiger partial charge in [-0.15, -0.1) is 11.3 Å². The Bertz CT molecular complexity index is 1020. The van der Waals surface area contributed by atoms with Crippen LogP contribution in [0, 0.1) is 11.8 Å². The second-order valence-electron chi connectivity index (χ2n) is 7.08. The first-order valence-electron chi connectivity index (χ1n) is 8.96. The molecule has 4 heterocycles. The van der Waals surface area contributed by atoms with Crippen molar-refractivity contribution < 1.29 is 24.6 Å². The first-order valence-corrected chi connectivity index (χ1v) is 9.78. The summed E-state index contributed by atoms with van der Waals surface area (Å²) in [6, 6.07) is -0.237. The van der Waals surface area contributed by atoms with Gasteiger partial charge in [0.1, 0.15) is 16.9 Å². The lowest BCUT2D eigenvalue weighted by atomic mass is 9.79. The van der Waals surface area contributed by atoms with Crippen LogP contribution in [-0.2, 0) is 20.9 Å². The van der Waals surface area contributed by atoms with Crippen LogP contribution in [0.1, 0.15) is 30.8 Å². The number of carbonyl (C=O) groups is 3. The molecular weight excluding hydrogens is 384 g/mol. The number of hydrogen-bond acceptors (Lipinski definition) is 6. The summed E-state index contributed by atoms with van der Waals surface area (Å²) in [5.41, 5.74) is 1.36. The molecule has 28 heavy (non-hydrogen) atoms. The fourth-order valence-corrected chi connectivity index (χ4v) is 5.43. The van der Waals surface area contributed by atoms with Crippen LogP contribution in [0.2, 0.25) is 0 Å². The van der Waals surface area contributed by atoms with E-state index in [0.29, 0.717) is 17.7 Å². The molecule has 3 atom stereocenters. The fourth-order valence-electron chi connectivity index (χ4n) is 4.21. The Morgan fingerprint density at radius 3 is 2.79 bits per heavy atom. The van der Waals surface area contributed by atoms with E-state index in [1.54, 1.807) is 10.7 Å². The summed E-state index contributed by atoms with van der Waals surface area (Å²) in [5.74, 6) is -2.04. The van der Waals surface area contributed by atoms with Crippen molar-refractivity contribution in [3.63, 3.8) is 0 Å². The third-order valence-corrected chi connectivity index (χ3v) is 6.61. The van der Waals surface area contributed by atoms with Gasteiger partial charge in [0.15, 0.2) is 0 Å². The van der Waals surface area contributed by atoms with Gasteiger partial charge < -0.3 is 20.4 Å². The second-order valence-corrected chi connectivity index (χ2v) is 8.11. The fraction of sp³-hybridized carbons (Fsp3) is 0.444. The van der Waals surface area contributed by atoms with Gasteiger partial charge in [-0.25, -0.2) is 9.78 Å². The number of nitrogens with one attached hydrogen (secondary N) is 1. The second kappa shape index (κ2) is 6.71. The number of nitrogens with zero attached hydrogens (tertiary/aromatic N) is 3. The quantitative estimate of drug-likeness (QED) is 0.609. The van der Waals surface area contributed by atoms with Gasteiger partial charge in [0.25, 0.3) is 0 Å². The summed E-state index contributed by atoms with van der Waals surface area (Å²) in [7, 11) is 0. The number of aliphatic hydroxyl groups is 1. The van der Waals surface area contributed by atoms with Crippen molar-refractivity contribution in [1.29, 1.82) is 0 Å². The number of hydrogen-bond donors (Lipinski definition) is 3. The standard InChI is InChI=1S/C18H20N4O5S/c1-8-13(15(18(26)27)22-14(8)10(3-4-23)16(22)25)12-6-21-7-20-11(17(21)28-12)5-19-9(2)24/h6-8,10,14,23H,3-5H2,1-2H3,(H,19,24)(H,26,27)/t8-,10+,14-/m1/s1. The summed E-state index contributed by atoms with van der Waals surface area (Å²) >= 11 is 1.39. The number of aliphatic hydroxyl groups excluding tert-OH is 1. The summed E-state index contributed by atoms with van der Waals surface area (Å²) in [5, 5.41) is 21.7. The smallest absolute Gasteiger partial charge is 0.352 e. The van der Waals surface area contributed by atoms with E-state index in [1.165, 1.54) is 23.2 Å². The molecule has 2 amide bonds. The molecule has 0 aliphatic carbocycles. The molecule has 2 aliphatic rings. The Balaban J connectivity index is 1.74. The van der Waals surface area contributed by atoms with Crippen LogP contribution in [0.4, 0.5) is 0 Å². The Morgan fingerprint density at radius 2 is 2.14 bits per heavy atom. The number of aromatic nitrogens is 2. The van der Waals surface area contributed by atoms with Crippen LogP contribution < -0.4 is 5.32 Å². The van der Waals surface area contributed by atoms with E-state index < -0.39 is 5.97 Å². The van der Waals surface area contributed by atoms with Gasteiger partial charge in [-0.1, -0.05) is 6.92 Å². The predicted octanol–water partition coefficient (Wildman–Crippen LogP) is 0.687. The topological polar surface area (TPSA) is 124 Å². The molecule has 0 unspecified atom stereocenters. The first-order chi connectivity index (χ1) is 13.3. The van der Waals surface area contributed by atoms with Crippen molar-refractivity contribution in [2.45, 2.75) is 32.9 Å². The molecule has 2 aromatic heterocycles. The summed E-state index contributed by atoms with van der Waals surface area (Å²) in [4.78, 5) is 42.8. The number of thiazole rings is 1. The molecule has 0 aromatic carbocycles. The average Bonchev–Trinajstić information content (AvgIpc) is 3.27. The van der Waals surface area contributed by atoms with E-state index in [0.717, 1.165) is 9.71 Å². The maximum atomic E-state index is 12.5. The minimum Gasteiger partial charge on any atom is -0.477 e. The van der Waals surface area contributed by atoms with Crippen molar-refractivity contribution in [3.05, 3.63) is 28.8 Å². The number of carboxylic acid groups (broad SMARTS) is 1. The number of aliphatic carboxylic acids is 1. The van der Waals surface area contributed by atoms with Crippen LogP contribution >= 0.6 is 11.3 Å². The van der Waals surface area contributed by atoms with E-state index in [1.807, 2.05) is 13.1 Å². The van der Waals surface area contributed by atoms with Gasteiger partial charge in [0.2, 0.25) is 11.8 Å². The maximum absolute atomic E-state index is 12.5. The summed E-state index contributed by atoms with van der Waals surface area (Å²) in [6.45, 7) is 3.54. The van der Waals surface area contributed by atoms with E-state index in [2.05, 4.69) is 10.3 Å². The third-order valence-electron chi connectivity index (χ3n) is 5.42. The van der Waals surface area contributed by atoms with Gasteiger partial charge in [0, 0.05) is 31.2 Å². The zero-order valence-corrected chi connectivity index (χ0v) is 16.2. The van der Waals surface area contributed by atoms with Crippen LogP contribution in [0.25, 0.3) is 10.4 Å². The van der Waals surface area contributed by atoms with Crippen LogP contribution in [-0.4, -0.2) is 54.9 Å². The molecule has 0 radical (unpaired) electrons. The lowest BCUT2D eigenvalue weighted by Crippen LogP contribution is -2.60. The van der Waals surface area contributed by atoms with Crippen molar-refractivity contribution in [2.75, 3.05) is 6.61 Å². The highest BCUT2D eigenvalue weighted by Gasteiger charge is 2.58. The van der Waals surface area contributed by atoms with E-state index >= 15 is 0 Å². The maximum Gasteiger partial charge on any atom is 0.352 e. The minimum absolute atomic E-state index is 0.0255. The molecule has 10 heteroatoms. The molecule has 0 spiro atoms. The highest BCUT2D eigenvalue weighted by atomic mass is 32.1. The minimum atomic E-state index is -1.13. The first kappa shape index (κ1) is 18.6. The lowest BCUT2D eigenvalue weighted by Gasteiger charge is -2.45. The number of rotatable bonds is 6. The normalized spacial score (nSPS) is 23.9. The van der Waals surface area contributed by atoms with Crippen molar-refractivity contribution >= 4 is 39.5 Å². The zero-order chi connectivity index (χ0) is 20.2. The number of amides is 2. The molecule has 4 rings (SSSR count). The summed E-state index contributed by atoms with van der Waals surface area (Å²) < 4.78 is 1.80. The zero-order valence-electron chi connectivity index (χ0n) is 15.4. The third kappa shape index (κ3) is 2.63. The van der Waals surface area contributed by atoms with Crippen molar-refractivity contribution in [3.8, 4) is 0 Å². The molecule has 2 aromatic rings. The summed E-state index contributed by atoms with van der Waals surface area (Å²) in [6.07, 6.45) is 3.78. The molecule has 2 aliphatic heterocycles. The SMILES string of the molecule is CC(=O)NCc1ncn2cc(C3=C(C(=O)O)N4C(=O)[C@@H](CCO)[C@H]4[C@@H]3C)sc12. The largest absolute Gasteiger partial charge is 0.477 e. The van der Waals surface area contributed by atoms with E-state index in [4.69, 9.17) is 0 Å². The Kier molecular flexibility index (Phi) is 4.47. The highest BCUT2D eigenvalue weighted by molar-refractivity contribution is 7.18. The van der Waals surface area contributed by atoms with Crippen LogP contribution in [0.15, 0.2) is 18.2 Å². The lowest BCUT2D eigenvalue weighted by molar-refractivity contribution is -0.157. The van der Waals surface area contributed by atoms with Gasteiger partial charge in [-0.2, -0.15) is 0 Å². The van der Waals surface area contributed by atoms with Gasteiger partial charge >= 0.3 is 5.97 Å². The van der Waals surface area contributed by atoms with Crippen molar-refractivity contribution in [1.82, 2.24) is 19.6 Å². The van der Waals surface area contributed by atoms with Crippen molar-refractivity contribution in [2.24, 2.45) is 11.8 Å². The predicted molar refractivity (Wildman–Crippen MR) is 100 cm³/mol. The molecule has 0 saturated carbocycles. The number of fused-ring (bicyclic) bond motifs is 2. The monoisotopic (exact) mass is 404 g/mol. The van der Waals surface area contributed by atoms with Gasteiger partial charge in [0.05, 0.1) is 29.1 Å². The van der Waals surface area contributed by atoms with Gasteiger partial charge in [-0.05, 0) is 6.42 Å². The molecule has 3 N–H and O–H groups in total. The number of imidazole rings is 1. The number of carboxylic acids is 1. The Morgan fingerprint density at radius 1 is 1.39 bits per heavy atom. The highest BCUT2D eigenvalue weighted by Crippen LogP contribution is 2.51. The van der Waals surface area contributed by atoms with Crippen LogP contribution in [0.3, 0.4) is 0 Å².